The van der Waals surface area contributed by atoms with Crippen molar-refractivity contribution in [2.45, 2.75) is 57.1 Å². The number of hydrogen-bond acceptors (Lipinski definition) is 2. The number of piperidine rings is 1. The molecule has 0 radical (unpaired) electrons. The molecule has 1 heterocycles. The Kier molecular flexibility index (Phi) is 3.23. The minimum atomic E-state index is -0.000148. The van der Waals surface area contributed by atoms with Crippen LogP contribution in [0, 0.1) is 5.92 Å². The van der Waals surface area contributed by atoms with Crippen LogP contribution in [0.2, 0.25) is 0 Å². The van der Waals surface area contributed by atoms with E-state index in [-0.39, 0.29) is 6.10 Å². The zero-order valence-corrected chi connectivity index (χ0v) is 8.34. The summed E-state index contributed by atoms with van der Waals surface area (Å²) in [5.74, 6) is 0.851. The molecule has 76 valence electrons. The number of nitrogens with one attached hydrogen (secondary N) is 1. The summed E-state index contributed by atoms with van der Waals surface area (Å²) < 4.78 is 0. The fourth-order valence-electron chi connectivity index (χ4n) is 2.79. The monoisotopic (exact) mass is 183 g/mol. The maximum Gasteiger partial charge on any atom is 0.0540 e. The first-order chi connectivity index (χ1) is 6.36. The van der Waals surface area contributed by atoms with Crippen molar-refractivity contribution in [1.29, 1.82) is 0 Å². The Bertz CT molecular complexity index is 146. The number of aliphatic hydroxyl groups is 1. The molecule has 2 N–H and O–H groups in total. The van der Waals surface area contributed by atoms with Crippen LogP contribution in [0.4, 0.5) is 0 Å². The molecular weight excluding hydrogens is 162 g/mol. The minimum absolute atomic E-state index is 0.000148. The lowest BCUT2D eigenvalue weighted by molar-refractivity contribution is 0.0930. The summed E-state index contributed by atoms with van der Waals surface area (Å²) >= 11 is 0. The van der Waals surface area contributed by atoms with Gasteiger partial charge in [0.15, 0.2) is 0 Å². The molecule has 1 atom stereocenters. The highest BCUT2D eigenvalue weighted by molar-refractivity contribution is 4.83. The molecule has 1 saturated carbocycles. The third-order valence-electron chi connectivity index (χ3n) is 3.66. The van der Waals surface area contributed by atoms with Gasteiger partial charge in [0.2, 0.25) is 0 Å². The largest absolute Gasteiger partial charge is 0.393 e. The van der Waals surface area contributed by atoms with Crippen LogP contribution >= 0.6 is 0 Å². The molecule has 0 spiro atoms. The highest BCUT2D eigenvalue weighted by Crippen LogP contribution is 2.29. The Balaban J connectivity index is 1.79. The first-order valence-electron chi connectivity index (χ1n) is 5.78. The predicted molar refractivity (Wildman–Crippen MR) is 53.6 cm³/mol. The average Bonchev–Trinajstić information content (AvgIpc) is 2.20. The van der Waals surface area contributed by atoms with E-state index in [1.54, 1.807) is 0 Å². The van der Waals surface area contributed by atoms with Crippen molar-refractivity contribution >= 4 is 0 Å². The quantitative estimate of drug-likeness (QED) is 0.648. The van der Waals surface area contributed by atoms with Crippen molar-refractivity contribution in [3.05, 3.63) is 0 Å². The summed E-state index contributed by atoms with van der Waals surface area (Å²) in [5.41, 5.74) is 0. The van der Waals surface area contributed by atoms with Gasteiger partial charge in [-0.05, 0) is 51.0 Å². The second-order valence-electron chi connectivity index (χ2n) is 4.63. The van der Waals surface area contributed by atoms with Gasteiger partial charge in [0.25, 0.3) is 0 Å². The summed E-state index contributed by atoms with van der Waals surface area (Å²) in [6, 6.07) is 0.765. The van der Waals surface area contributed by atoms with Crippen molar-refractivity contribution in [3.8, 4) is 0 Å². The Labute approximate surface area is 80.7 Å². The third kappa shape index (κ3) is 2.44. The molecule has 0 aromatic carbocycles. The molecule has 13 heavy (non-hydrogen) atoms. The van der Waals surface area contributed by atoms with Crippen LogP contribution in [0.15, 0.2) is 0 Å². The Morgan fingerprint density at radius 1 is 0.923 bits per heavy atom. The second-order valence-corrected chi connectivity index (χ2v) is 4.63. The van der Waals surface area contributed by atoms with Gasteiger partial charge in [0.05, 0.1) is 6.10 Å². The summed E-state index contributed by atoms with van der Waals surface area (Å²) in [7, 11) is 0. The predicted octanol–water partition coefficient (Wildman–Crippen LogP) is 1.68. The molecule has 0 bridgehead atoms. The summed E-state index contributed by atoms with van der Waals surface area (Å²) in [4.78, 5) is 0. The zero-order chi connectivity index (χ0) is 9.10. The molecule has 2 aliphatic rings. The molecule has 0 aromatic heterocycles. The highest BCUT2D eigenvalue weighted by Gasteiger charge is 2.27. The van der Waals surface area contributed by atoms with Gasteiger partial charge in [-0.3, -0.25) is 0 Å². The van der Waals surface area contributed by atoms with Crippen LogP contribution in [0.5, 0.6) is 0 Å². The van der Waals surface area contributed by atoms with E-state index in [0.717, 1.165) is 24.8 Å². The fourth-order valence-corrected chi connectivity index (χ4v) is 2.79. The van der Waals surface area contributed by atoms with Crippen molar-refractivity contribution < 1.29 is 5.11 Å². The van der Waals surface area contributed by atoms with E-state index >= 15 is 0 Å². The molecule has 0 unspecified atom stereocenters. The van der Waals surface area contributed by atoms with Gasteiger partial charge in [-0.25, -0.2) is 0 Å². The van der Waals surface area contributed by atoms with Crippen LogP contribution < -0.4 is 5.32 Å². The van der Waals surface area contributed by atoms with Gasteiger partial charge >= 0.3 is 0 Å². The van der Waals surface area contributed by atoms with E-state index in [4.69, 9.17) is 0 Å². The molecule has 2 fully saturated rings. The second kappa shape index (κ2) is 4.43. The molecule has 0 amide bonds. The standard InChI is InChI=1S/C11H21NO/c13-10-6-4-9(5-7-10)11-3-1-2-8-12-11/h9-13H,1-8H2/t9?,10?,11-/m0/s1. The molecule has 1 saturated heterocycles. The maximum atomic E-state index is 9.40. The van der Waals surface area contributed by atoms with Gasteiger partial charge < -0.3 is 10.4 Å². The Morgan fingerprint density at radius 3 is 2.31 bits per heavy atom. The SMILES string of the molecule is OC1CCC([C@@H]2CCCCN2)CC1. The van der Waals surface area contributed by atoms with Gasteiger partial charge in [0, 0.05) is 6.04 Å². The van der Waals surface area contributed by atoms with Gasteiger partial charge in [0.1, 0.15) is 0 Å². The van der Waals surface area contributed by atoms with Crippen molar-refractivity contribution in [2.75, 3.05) is 6.54 Å². The lowest BCUT2D eigenvalue weighted by Crippen LogP contribution is -2.41. The number of aliphatic hydroxyl groups excluding tert-OH is 1. The molecule has 2 rings (SSSR count). The molecular formula is C11H21NO. The normalized spacial score (nSPS) is 41.8. The highest BCUT2D eigenvalue weighted by atomic mass is 16.3. The van der Waals surface area contributed by atoms with E-state index < -0.39 is 0 Å². The first kappa shape index (κ1) is 9.47. The Morgan fingerprint density at radius 2 is 1.69 bits per heavy atom. The van der Waals surface area contributed by atoms with Gasteiger partial charge in [-0.1, -0.05) is 6.42 Å². The van der Waals surface area contributed by atoms with Crippen LogP contribution in [0.3, 0.4) is 0 Å². The number of rotatable bonds is 1. The summed E-state index contributed by atoms with van der Waals surface area (Å²) in [5, 5.41) is 13.0. The van der Waals surface area contributed by atoms with E-state index in [0.29, 0.717) is 0 Å². The van der Waals surface area contributed by atoms with Gasteiger partial charge in [-0.2, -0.15) is 0 Å². The van der Waals surface area contributed by atoms with Crippen LogP contribution in [-0.4, -0.2) is 23.8 Å². The minimum Gasteiger partial charge on any atom is -0.393 e. The fraction of sp³-hybridized carbons (Fsp3) is 1.00. The Hall–Kier alpha value is -0.0800. The van der Waals surface area contributed by atoms with Crippen LogP contribution in [0.25, 0.3) is 0 Å². The third-order valence-corrected chi connectivity index (χ3v) is 3.66. The number of hydrogen-bond donors (Lipinski definition) is 2. The molecule has 2 heteroatoms. The maximum absolute atomic E-state index is 9.40. The van der Waals surface area contributed by atoms with E-state index in [2.05, 4.69) is 5.32 Å². The first-order valence-corrected chi connectivity index (χ1v) is 5.78. The topological polar surface area (TPSA) is 32.3 Å². The van der Waals surface area contributed by atoms with Crippen LogP contribution in [0.1, 0.15) is 44.9 Å². The lowest BCUT2D eigenvalue weighted by Gasteiger charge is -2.35. The zero-order valence-electron chi connectivity index (χ0n) is 8.34. The molecule has 1 aliphatic heterocycles. The van der Waals surface area contributed by atoms with E-state index in [1.165, 1.54) is 38.6 Å². The molecule has 1 aliphatic carbocycles. The molecule has 2 nitrogen and oxygen atoms in total. The smallest absolute Gasteiger partial charge is 0.0540 e. The van der Waals surface area contributed by atoms with Crippen LogP contribution in [-0.2, 0) is 0 Å². The van der Waals surface area contributed by atoms with Crippen molar-refractivity contribution in [2.24, 2.45) is 5.92 Å². The summed E-state index contributed by atoms with van der Waals surface area (Å²) in [6.45, 7) is 1.21. The van der Waals surface area contributed by atoms with E-state index in [1.807, 2.05) is 0 Å². The summed E-state index contributed by atoms with van der Waals surface area (Å²) in [6.07, 6.45) is 8.65. The average molecular weight is 183 g/mol. The van der Waals surface area contributed by atoms with Crippen molar-refractivity contribution in [3.63, 3.8) is 0 Å². The van der Waals surface area contributed by atoms with Crippen molar-refractivity contribution in [1.82, 2.24) is 5.32 Å². The van der Waals surface area contributed by atoms with Gasteiger partial charge in [-0.15, -0.1) is 0 Å². The lowest BCUT2D eigenvalue weighted by atomic mass is 9.80. The molecule has 0 aromatic rings. The van der Waals surface area contributed by atoms with E-state index in [9.17, 15) is 5.11 Å².